The van der Waals surface area contributed by atoms with Crippen molar-refractivity contribution < 1.29 is 33.6 Å². The number of unbranched alkanes of at least 4 members (excludes halogenated alkanes) is 1. The minimum Gasteiger partial charge on any atom is -0.370 e. The van der Waals surface area contributed by atoms with Gasteiger partial charge in [0.1, 0.15) is 36.3 Å². The molecule has 0 aliphatic heterocycles. The first-order valence-corrected chi connectivity index (χ1v) is 24.7. The Kier molecular flexibility index (Phi) is 20.3. The molecule has 20 heteroatoms. The van der Waals surface area contributed by atoms with E-state index in [1.807, 2.05) is 54.6 Å². The lowest BCUT2D eigenvalue weighted by molar-refractivity contribution is -0.135. The zero-order valence-electron chi connectivity index (χ0n) is 41.4. The quantitative estimate of drug-likeness (QED) is 0.0191. The number of nitrogens with one attached hydrogen (secondary N) is 8. The average Bonchev–Trinajstić information content (AvgIpc) is 4.00. The first-order chi connectivity index (χ1) is 35.7. The maximum Gasteiger partial charge on any atom is 0.243 e. The minimum atomic E-state index is -1.33. The van der Waals surface area contributed by atoms with Gasteiger partial charge in [0, 0.05) is 73.4 Å². The van der Waals surface area contributed by atoms with Gasteiger partial charge in [-0.15, -0.1) is 0 Å². The summed E-state index contributed by atoms with van der Waals surface area (Å²) in [6, 6.07) is 25.7. The summed E-state index contributed by atoms with van der Waals surface area (Å²) in [7, 11) is 0. The standard InChI is InChI=1S/C54H67N13O7/c1-33(68)62-42(24-14-26-59-54(57)58)49(70)63-43(23-12-13-25-55)50(71)65-46(28-35-17-6-3-7-18-35)52(73)67-47(30-37-32-61-41-22-11-9-20-39(37)41)53(74)66-45(27-34-15-4-2-5-16-34)51(72)64-44(48(56)69)29-36-31-60-40-21-10-8-19-38(36)40/h2-11,15-22,31-32,42-47,60-61H,12-14,23-30,55H2,1H3,(H2,56,69)(H,62,68)(H,63,70)(H,64,72)(H,65,71)(H,66,74)(H,67,73)(H4,57,58,59)/t42-,43-,44-,45-,46-,47-/m0/s1. The lowest BCUT2D eigenvalue weighted by Gasteiger charge is -2.28. The predicted octanol–water partition coefficient (Wildman–Crippen LogP) is 1.52. The maximum atomic E-state index is 14.9. The molecule has 0 saturated carbocycles. The van der Waals surface area contributed by atoms with Crippen LogP contribution in [0.5, 0.6) is 0 Å². The Bertz CT molecular complexity index is 2880. The molecule has 0 aliphatic rings. The number of carbonyl (C=O) groups is 7. The highest BCUT2D eigenvalue weighted by molar-refractivity contribution is 5.98. The molecule has 16 N–H and O–H groups in total. The average molecular weight is 1010 g/mol. The lowest BCUT2D eigenvalue weighted by atomic mass is 9.99. The van der Waals surface area contributed by atoms with Gasteiger partial charge in [0.05, 0.1) is 0 Å². The van der Waals surface area contributed by atoms with E-state index >= 15 is 0 Å². The van der Waals surface area contributed by atoms with E-state index in [1.54, 1.807) is 67.0 Å². The van der Waals surface area contributed by atoms with Crippen LogP contribution in [0.15, 0.2) is 127 Å². The third kappa shape index (κ3) is 16.3. The van der Waals surface area contributed by atoms with E-state index in [2.05, 4.69) is 46.9 Å². The summed E-state index contributed by atoms with van der Waals surface area (Å²) in [4.78, 5) is 108. The highest BCUT2D eigenvalue weighted by Gasteiger charge is 2.34. The van der Waals surface area contributed by atoms with E-state index in [0.717, 1.165) is 27.4 Å². The fraction of sp³-hybridized carbons (Fsp3) is 0.333. The van der Waals surface area contributed by atoms with Crippen LogP contribution >= 0.6 is 0 Å². The van der Waals surface area contributed by atoms with E-state index in [4.69, 9.17) is 22.9 Å². The summed E-state index contributed by atoms with van der Waals surface area (Å²) in [6.45, 7) is 1.79. The monoisotopic (exact) mass is 1010 g/mol. The van der Waals surface area contributed by atoms with Crippen molar-refractivity contribution >= 4 is 69.1 Å². The Morgan fingerprint density at radius 1 is 0.473 bits per heavy atom. The van der Waals surface area contributed by atoms with Gasteiger partial charge in [0.15, 0.2) is 5.96 Å². The van der Waals surface area contributed by atoms with E-state index in [9.17, 15) is 33.6 Å². The fourth-order valence-corrected chi connectivity index (χ4v) is 8.73. The summed E-state index contributed by atoms with van der Waals surface area (Å²) in [5, 5.41) is 18.5. The van der Waals surface area contributed by atoms with E-state index < -0.39 is 77.6 Å². The molecule has 0 saturated heterocycles. The fourth-order valence-electron chi connectivity index (χ4n) is 8.73. The van der Waals surface area contributed by atoms with Crippen LogP contribution in [0.1, 0.15) is 61.3 Å². The third-order valence-electron chi connectivity index (χ3n) is 12.5. The van der Waals surface area contributed by atoms with Gasteiger partial charge in [0.25, 0.3) is 0 Å². The number of carbonyl (C=O) groups excluding carboxylic acids is 7. The van der Waals surface area contributed by atoms with E-state index in [0.29, 0.717) is 42.5 Å². The molecule has 0 radical (unpaired) electrons. The van der Waals surface area contributed by atoms with Crippen molar-refractivity contribution in [3.63, 3.8) is 0 Å². The molecule has 6 rings (SSSR count). The summed E-state index contributed by atoms with van der Waals surface area (Å²) < 4.78 is 0. The number of H-pyrrole nitrogens is 2. The molecular formula is C54H67N13O7. The smallest absolute Gasteiger partial charge is 0.243 e. The Labute approximate surface area is 429 Å². The van der Waals surface area contributed by atoms with Crippen molar-refractivity contribution in [2.24, 2.45) is 27.9 Å². The molecule has 6 aromatic rings. The largest absolute Gasteiger partial charge is 0.370 e. The van der Waals surface area contributed by atoms with Crippen molar-refractivity contribution in [3.8, 4) is 0 Å². The minimum absolute atomic E-state index is 0.00769. The molecule has 0 unspecified atom stereocenters. The number of fused-ring (bicyclic) bond motifs is 2. The number of primary amides is 1. The van der Waals surface area contributed by atoms with Crippen molar-refractivity contribution in [2.75, 3.05) is 13.1 Å². The van der Waals surface area contributed by atoms with Gasteiger partial charge in [-0.3, -0.25) is 38.6 Å². The number of para-hydroxylation sites is 2. The number of hydrogen-bond acceptors (Lipinski definition) is 9. The molecule has 6 atom stereocenters. The second kappa shape index (κ2) is 27.3. The van der Waals surface area contributed by atoms with Crippen LogP contribution in [0.2, 0.25) is 0 Å². The Hall–Kier alpha value is -8.52. The first kappa shape index (κ1) is 54.8. The van der Waals surface area contributed by atoms with Crippen molar-refractivity contribution in [2.45, 2.75) is 101 Å². The van der Waals surface area contributed by atoms with Gasteiger partial charge in [0.2, 0.25) is 41.4 Å². The number of nitrogens with zero attached hydrogens (tertiary/aromatic N) is 1. The second-order valence-electron chi connectivity index (χ2n) is 18.2. The highest BCUT2D eigenvalue weighted by Crippen LogP contribution is 2.21. The number of hydrogen-bond donors (Lipinski definition) is 12. The van der Waals surface area contributed by atoms with E-state index in [1.165, 1.54) is 6.92 Å². The number of aromatic amines is 2. The number of benzene rings is 4. The predicted molar refractivity (Wildman–Crippen MR) is 284 cm³/mol. The molecule has 0 bridgehead atoms. The molecule has 0 fully saturated rings. The number of amides is 7. The molecule has 2 aromatic heterocycles. The molecular weight excluding hydrogens is 943 g/mol. The van der Waals surface area contributed by atoms with Gasteiger partial charge < -0.3 is 64.8 Å². The number of nitrogens with two attached hydrogens (primary N) is 4. The normalized spacial score (nSPS) is 13.5. The van der Waals surface area contributed by atoms with Gasteiger partial charge >= 0.3 is 0 Å². The summed E-state index contributed by atoms with van der Waals surface area (Å²) >= 11 is 0. The number of guanidine groups is 1. The zero-order chi connectivity index (χ0) is 53.0. The van der Waals surface area contributed by atoms with Crippen LogP contribution in [0, 0.1) is 0 Å². The van der Waals surface area contributed by atoms with Crippen molar-refractivity contribution in [3.05, 3.63) is 144 Å². The summed E-state index contributed by atoms with van der Waals surface area (Å²) in [5.41, 5.74) is 27.1. The van der Waals surface area contributed by atoms with Crippen LogP contribution in [0.3, 0.4) is 0 Å². The Morgan fingerprint density at radius 3 is 1.32 bits per heavy atom. The molecule has 20 nitrogen and oxygen atoms in total. The Balaban J connectivity index is 1.29. The number of rotatable bonds is 28. The van der Waals surface area contributed by atoms with Crippen molar-refractivity contribution in [1.82, 2.24) is 41.9 Å². The zero-order valence-corrected chi connectivity index (χ0v) is 41.4. The molecule has 74 heavy (non-hydrogen) atoms. The lowest BCUT2D eigenvalue weighted by Crippen LogP contribution is -2.60. The SMILES string of the molecule is CC(=O)N[C@@H](CCCN=C(N)N)C(=O)N[C@@H](CCCCN)C(=O)N[C@@H](Cc1ccccc1)C(=O)N[C@@H](Cc1c[nH]c2ccccc12)C(=O)N[C@@H](Cc1ccccc1)C(=O)N[C@@H](Cc1c[nH]c2ccccc12)C(N)=O. The first-order valence-electron chi connectivity index (χ1n) is 24.7. The van der Waals surface area contributed by atoms with Gasteiger partial charge in [-0.05, 0) is 73.0 Å². The number of aromatic nitrogens is 2. The van der Waals surface area contributed by atoms with Crippen LogP contribution in [0.4, 0.5) is 0 Å². The molecule has 390 valence electrons. The van der Waals surface area contributed by atoms with Crippen LogP contribution in [0.25, 0.3) is 21.8 Å². The van der Waals surface area contributed by atoms with E-state index in [-0.39, 0.29) is 51.0 Å². The van der Waals surface area contributed by atoms with Gasteiger partial charge in [-0.1, -0.05) is 97.1 Å². The topological polar surface area (TPSA) is 340 Å². The Morgan fingerprint density at radius 2 is 0.865 bits per heavy atom. The summed E-state index contributed by atoms with van der Waals surface area (Å²) in [6.07, 6.45) is 5.10. The molecule has 2 heterocycles. The van der Waals surface area contributed by atoms with Crippen LogP contribution in [-0.4, -0.2) is 107 Å². The van der Waals surface area contributed by atoms with Gasteiger partial charge in [-0.2, -0.15) is 0 Å². The van der Waals surface area contributed by atoms with Crippen LogP contribution in [-0.2, 0) is 59.2 Å². The van der Waals surface area contributed by atoms with Gasteiger partial charge in [-0.25, -0.2) is 0 Å². The highest BCUT2D eigenvalue weighted by atomic mass is 16.2. The molecule has 0 spiro atoms. The molecule has 7 amide bonds. The molecule has 0 aliphatic carbocycles. The summed E-state index contributed by atoms with van der Waals surface area (Å²) in [5.74, 6) is -4.84. The van der Waals surface area contributed by atoms with Crippen LogP contribution < -0.4 is 54.8 Å². The third-order valence-corrected chi connectivity index (χ3v) is 12.5. The number of aliphatic imine (C=N–C) groups is 1. The molecule has 4 aromatic carbocycles. The second-order valence-corrected chi connectivity index (χ2v) is 18.2. The van der Waals surface area contributed by atoms with Crippen molar-refractivity contribution in [1.29, 1.82) is 0 Å². The maximum absolute atomic E-state index is 14.9.